The maximum Gasteiger partial charge on any atom is 0.251 e. The van der Waals surface area contributed by atoms with Crippen LogP contribution < -0.4 is 11.3 Å². The van der Waals surface area contributed by atoms with E-state index in [-0.39, 0.29) is 11.0 Å². The third-order valence-corrected chi connectivity index (χ3v) is 3.18. The summed E-state index contributed by atoms with van der Waals surface area (Å²) in [5.41, 5.74) is 8.37. The molecule has 0 aliphatic heterocycles. The fourth-order valence-electron chi connectivity index (χ4n) is 2.24. The molecule has 0 radical (unpaired) electrons. The second kappa shape index (κ2) is 4.58. The van der Waals surface area contributed by atoms with Crippen molar-refractivity contribution < 1.29 is 0 Å². The van der Waals surface area contributed by atoms with Gasteiger partial charge in [-0.3, -0.25) is 4.79 Å². The molecule has 0 amide bonds. The number of para-hydroxylation sites is 1. The number of rotatable bonds is 2. The van der Waals surface area contributed by atoms with Crippen LogP contribution >= 0.6 is 0 Å². The first-order chi connectivity index (χ1) is 8.43. The normalized spacial score (nSPS) is 12.0. The van der Waals surface area contributed by atoms with Gasteiger partial charge in [0.1, 0.15) is 0 Å². The fourth-order valence-corrected chi connectivity index (χ4v) is 2.24. The molecule has 3 nitrogen and oxygen atoms in total. The van der Waals surface area contributed by atoms with Gasteiger partial charge in [0, 0.05) is 5.56 Å². The van der Waals surface area contributed by atoms with Crippen molar-refractivity contribution >= 4 is 10.9 Å². The number of nitrogens with one attached hydrogen (secondary N) is 1. The summed E-state index contributed by atoms with van der Waals surface area (Å²) in [5, 5.41) is 1.07. The number of benzene rings is 1. The van der Waals surface area contributed by atoms with Crippen LogP contribution in [0.4, 0.5) is 0 Å². The standard InChI is InChI=1S/C15H20N2O/c1-15(2,3)12-6-4-5-10-9-11(7-8-16)14(18)17-13(10)12/h4-6,9H,7-8,16H2,1-3H3,(H,17,18). The molecule has 0 saturated carbocycles. The molecule has 0 aliphatic carbocycles. The van der Waals surface area contributed by atoms with E-state index in [1.807, 2.05) is 18.2 Å². The van der Waals surface area contributed by atoms with Crippen LogP contribution in [0.5, 0.6) is 0 Å². The predicted octanol–water partition coefficient (Wildman–Crippen LogP) is 2.33. The van der Waals surface area contributed by atoms with Crippen molar-refractivity contribution in [3.8, 4) is 0 Å². The van der Waals surface area contributed by atoms with Crippen LogP contribution in [-0.2, 0) is 11.8 Å². The molecule has 0 aliphatic rings. The van der Waals surface area contributed by atoms with E-state index in [2.05, 4.69) is 31.8 Å². The lowest BCUT2D eigenvalue weighted by atomic mass is 9.85. The SMILES string of the molecule is CC(C)(C)c1cccc2cc(CCN)c(=O)[nH]c12. The molecule has 0 saturated heterocycles. The maximum absolute atomic E-state index is 12.0. The molecule has 1 heterocycles. The van der Waals surface area contributed by atoms with E-state index in [0.29, 0.717) is 13.0 Å². The molecule has 1 aromatic carbocycles. The summed E-state index contributed by atoms with van der Waals surface area (Å²) < 4.78 is 0. The molecular weight excluding hydrogens is 224 g/mol. The Bertz CT molecular complexity index is 620. The number of hydrogen-bond acceptors (Lipinski definition) is 2. The molecule has 0 unspecified atom stereocenters. The van der Waals surface area contributed by atoms with Crippen molar-refractivity contribution in [2.45, 2.75) is 32.6 Å². The smallest absolute Gasteiger partial charge is 0.251 e. The Kier molecular flexibility index (Phi) is 3.26. The molecule has 18 heavy (non-hydrogen) atoms. The summed E-state index contributed by atoms with van der Waals surface area (Å²) in [6, 6.07) is 8.09. The van der Waals surface area contributed by atoms with Crippen LogP contribution in [0.3, 0.4) is 0 Å². The number of aromatic amines is 1. The number of nitrogens with two attached hydrogens (primary N) is 1. The minimum atomic E-state index is -0.0235. The summed E-state index contributed by atoms with van der Waals surface area (Å²) in [6.45, 7) is 6.93. The number of H-pyrrole nitrogens is 1. The number of fused-ring (bicyclic) bond motifs is 1. The molecular formula is C15H20N2O. The highest BCUT2D eigenvalue weighted by molar-refractivity contribution is 5.83. The van der Waals surface area contributed by atoms with Crippen LogP contribution in [0.1, 0.15) is 31.9 Å². The van der Waals surface area contributed by atoms with Crippen LogP contribution in [0.2, 0.25) is 0 Å². The van der Waals surface area contributed by atoms with E-state index in [9.17, 15) is 4.79 Å². The first kappa shape index (κ1) is 12.8. The number of pyridine rings is 1. The Morgan fingerprint density at radius 3 is 2.61 bits per heavy atom. The second-order valence-corrected chi connectivity index (χ2v) is 5.68. The van der Waals surface area contributed by atoms with Crippen LogP contribution in [0, 0.1) is 0 Å². The lowest BCUT2D eigenvalue weighted by molar-refractivity contribution is 0.594. The van der Waals surface area contributed by atoms with E-state index < -0.39 is 0 Å². The fraction of sp³-hybridized carbons (Fsp3) is 0.400. The van der Waals surface area contributed by atoms with Crippen molar-refractivity contribution in [2.24, 2.45) is 5.73 Å². The average Bonchev–Trinajstić information content (AvgIpc) is 2.28. The van der Waals surface area contributed by atoms with Crippen LogP contribution in [0.15, 0.2) is 29.1 Å². The van der Waals surface area contributed by atoms with Crippen molar-refractivity contribution in [1.82, 2.24) is 4.98 Å². The van der Waals surface area contributed by atoms with Crippen molar-refractivity contribution in [1.29, 1.82) is 0 Å². The van der Waals surface area contributed by atoms with Gasteiger partial charge < -0.3 is 10.7 Å². The van der Waals surface area contributed by atoms with Gasteiger partial charge in [-0.2, -0.15) is 0 Å². The summed E-state index contributed by atoms with van der Waals surface area (Å²) in [5.74, 6) is 0. The lowest BCUT2D eigenvalue weighted by Gasteiger charge is -2.21. The third-order valence-electron chi connectivity index (χ3n) is 3.18. The molecule has 0 bridgehead atoms. The largest absolute Gasteiger partial charge is 0.330 e. The van der Waals surface area contributed by atoms with E-state index in [1.54, 1.807) is 0 Å². The van der Waals surface area contributed by atoms with Crippen LogP contribution in [0.25, 0.3) is 10.9 Å². The van der Waals surface area contributed by atoms with Gasteiger partial charge in [-0.15, -0.1) is 0 Å². The van der Waals surface area contributed by atoms with Gasteiger partial charge >= 0.3 is 0 Å². The zero-order chi connectivity index (χ0) is 13.3. The van der Waals surface area contributed by atoms with Gasteiger partial charge in [0.05, 0.1) is 5.52 Å². The van der Waals surface area contributed by atoms with Gasteiger partial charge in [0.25, 0.3) is 5.56 Å². The topological polar surface area (TPSA) is 58.9 Å². The Morgan fingerprint density at radius 1 is 1.28 bits per heavy atom. The summed E-state index contributed by atoms with van der Waals surface area (Å²) in [7, 11) is 0. The van der Waals surface area contributed by atoms with Gasteiger partial charge in [-0.25, -0.2) is 0 Å². The van der Waals surface area contributed by atoms with E-state index in [1.165, 1.54) is 0 Å². The Hall–Kier alpha value is -1.61. The second-order valence-electron chi connectivity index (χ2n) is 5.68. The highest BCUT2D eigenvalue weighted by atomic mass is 16.1. The molecule has 3 N–H and O–H groups in total. The average molecular weight is 244 g/mol. The molecule has 1 aromatic heterocycles. The maximum atomic E-state index is 12.0. The Morgan fingerprint density at radius 2 is 2.00 bits per heavy atom. The molecule has 0 spiro atoms. The molecule has 2 rings (SSSR count). The van der Waals surface area contributed by atoms with E-state index in [0.717, 1.165) is 22.0 Å². The van der Waals surface area contributed by atoms with Crippen molar-refractivity contribution in [2.75, 3.05) is 6.54 Å². The minimum Gasteiger partial charge on any atom is -0.330 e. The van der Waals surface area contributed by atoms with Gasteiger partial charge in [-0.1, -0.05) is 39.0 Å². The number of hydrogen-bond donors (Lipinski definition) is 2. The molecule has 0 atom stereocenters. The van der Waals surface area contributed by atoms with Gasteiger partial charge in [0.2, 0.25) is 0 Å². The first-order valence-corrected chi connectivity index (χ1v) is 6.29. The Balaban J connectivity index is 2.73. The summed E-state index contributed by atoms with van der Waals surface area (Å²) in [4.78, 5) is 15.0. The summed E-state index contributed by atoms with van der Waals surface area (Å²) >= 11 is 0. The molecule has 96 valence electrons. The van der Waals surface area contributed by atoms with Gasteiger partial charge in [-0.05, 0) is 35.4 Å². The highest BCUT2D eigenvalue weighted by Gasteiger charge is 2.17. The highest BCUT2D eigenvalue weighted by Crippen LogP contribution is 2.28. The van der Waals surface area contributed by atoms with Crippen molar-refractivity contribution in [3.05, 3.63) is 45.7 Å². The van der Waals surface area contributed by atoms with Gasteiger partial charge in [0.15, 0.2) is 0 Å². The molecule has 2 aromatic rings. The zero-order valence-corrected chi connectivity index (χ0v) is 11.2. The van der Waals surface area contributed by atoms with E-state index >= 15 is 0 Å². The summed E-state index contributed by atoms with van der Waals surface area (Å²) in [6.07, 6.45) is 0.616. The quantitative estimate of drug-likeness (QED) is 0.851. The lowest BCUT2D eigenvalue weighted by Crippen LogP contribution is -2.19. The van der Waals surface area contributed by atoms with Crippen LogP contribution in [-0.4, -0.2) is 11.5 Å². The molecule has 3 heteroatoms. The zero-order valence-electron chi connectivity index (χ0n) is 11.2. The minimum absolute atomic E-state index is 0.0117. The Labute approximate surface area is 107 Å². The monoisotopic (exact) mass is 244 g/mol. The predicted molar refractivity (Wildman–Crippen MR) is 76.0 cm³/mol. The third kappa shape index (κ3) is 2.31. The van der Waals surface area contributed by atoms with E-state index in [4.69, 9.17) is 5.73 Å². The van der Waals surface area contributed by atoms with Crippen molar-refractivity contribution in [3.63, 3.8) is 0 Å². The first-order valence-electron chi connectivity index (χ1n) is 6.29. The number of aromatic nitrogens is 1. The molecule has 0 fully saturated rings.